The summed E-state index contributed by atoms with van der Waals surface area (Å²) in [6.07, 6.45) is -0.477. The number of aliphatic hydroxyl groups is 1. The number of ether oxygens (including phenoxy) is 3. The summed E-state index contributed by atoms with van der Waals surface area (Å²) in [5, 5.41) is 10.3. The average Bonchev–Trinajstić information content (AvgIpc) is 2.46. The van der Waals surface area contributed by atoms with Gasteiger partial charge in [0, 0.05) is 6.07 Å². The maximum Gasteiger partial charge on any atom is 0.311 e. The van der Waals surface area contributed by atoms with Crippen LogP contribution in [-0.4, -0.2) is 32.4 Å². The van der Waals surface area contributed by atoms with Crippen LogP contribution in [0.5, 0.6) is 11.5 Å². The summed E-state index contributed by atoms with van der Waals surface area (Å²) in [7, 11) is 4.37. The topological polar surface area (TPSA) is 65.0 Å². The summed E-state index contributed by atoms with van der Waals surface area (Å²) in [5.41, 5.74) is 0.563. The van der Waals surface area contributed by atoms with Gasteiger partial charge in [0.25, 0.3) is 0 Å². The number of carbonyl (C=O) groups excluding carboxylic acids is 1. The summed E-state index contributed by atoms with van der Waals surface area (Å²) in [6.45, 7) is 1.82. The molecule has 5 nitrogen and oxygen atoms in total. The molecule has 0 radical (unpaired) electrons. The van der Waals surface area contributed by atoms with E-state index in [0.717, 1.165) is 0 Å². The molecule has 0 amide bonds. The van der Waals surface area contributed by atoms with Gasteiger partial charge in [-0.05, 0) is 24.1 Å². The van der Waals surface area contributed by atoms with Crippen molar-refractivity contribution >= 4 is 5.97 Å². The van der Waals surface area contributed by atoms with E-state index in [1.807, 2.05) is 6.92 Å². The second-order valence-electron chi connectivity index (χ2n) is 4.13. The van der Waals surface area contributed by atoms with Crippen LogP contribution in [-0.2, 0) is 9.53 Å². The summed E-state index contributed by atoms with van der Waals surface area (Å²) < 4.78 is 15.0. The Morgan fingerprint density at radius 2 is 1.68 bits per heavy atom. The van der Waals surface area contributed by atoms with Gasteiger partial charge in [-0.2, -0.15) is 0 Å². The lowest BCUT2D eigenvalue weighted by atomic mass is 9.93. The van der Waals surface area contributed by atoms with Gasteiger partial charge in [-0.15, -0.1) is 0 Å². The molecule has 0 aromatic heterocycles. The summed E-state index contributed by atoms with van der Waals surface area (Å²) in [5.74, 6) is 0.0832. The largest absolute Gasteiger partial charge is 0.497 e. The van der Waals surface area contributed by atoms with Crippen LogP contribution in [0.3, 0.4) is 0 Å². The minimum atomic E-state index is -0.957. The highest BCUT2D eigenvalue weighted by Crippen LogP contribution is 2.31. The molecule has 0 heterocycles. The molecule has 0 fully saturated rings. The van der Waals surface area contributed by atoms with Gasteiger partial charge < -0.3 is 19.3 Å². The Kier molecular flexibility index (Phi) is 5.63. The minimum absolute atomic E-state index is 0.434. The summed E-state index contributed by atoms with van der Waals surface area (Å²) in [6, 6.07) is 5.06. The van der Waals surface area contributed by atoms with Crippen molar-refractivity contribution in [1.82, 2.24) is 0 Å². The van der Waals surface area contributed by atoms with E-state index in [2.05, 4.69) is 0 Å². The normalized spacial score (nSPS) is 13.5. The van der Waals surface area contributed by atoms with E-state index in [0.29, 0.717) is 23.5 Å². The Hall–Kier alpha value is -1.75. The first-order valence-corrected chi connectivity index (χ1v) is 6.06. The number of esters is 1. The summed E-state index contributed by atoms with van der Waals surface area (Å²) >= 11 is 0. The molecule has 1 N–H and O–H groups in total. The molecule has 0 aliphatic heterocycles. The quantitative estimate of drug-likeness (QED) is 0.799. The first kappa shape index (κ1) is 15.3. The fraction of sp³-hybridized carbons (Fsp3) is 0.500. The molecule has 1 aromatic rings. The van der Waals surface area contributed by atoms with Crippen molar-refractivity contribution < 1.29 is 24.1 Å². The predicted molar refractivity (Wildman–Crippen MR) is 70.3 cm³/mol. The molecule has 5 heteroatoms. The van der Waals surface area contributed by atoms with E-state index in [9.17, 15) is 9.90 Å². The van der Waals surface area contributed by atoms with E-state index in [1.54, 1.807) is 18.2 Å². The maximum atomic E-state index is 11.6. The van der Waals surface area contributed by atoms with E-state index in [-0.39, 0.29) is 0 Å². The van der Waals surface area contributed by atoms with Crippen LogP contribution in [0.15, 0.2) is 18.2 Å². The highest BCUT2D eigenvalue weighted by molar-refractivity contribution is 5.73. The monoisotopic (exact) mass is 268 g/mol. The zero-order chi connectivity index (χ0) is 14.4. The standard InChI is InChI=1S/C14H20O5/c1-5-12(14(16)19-4)13(15)9-6-10(17-2)8-11(7-9)18-3/h6-8,12-13,15H,5H2,1-4H3. The highest BCUT2D eigenvalue weighted by atomic mass is 16.5. The van der Waals surface area contributed by atoms with Crippen LogP contribution in [0.1, 0.15) is 25.0 Å². The Morgan fingerprint density at radius 3 is 2.05 bits per heavy atom. The Labute approximate surface area is 113 Å². The van der Waals surface area contributed by atoms with Crippen LogP contribution in [0.2, 0.25) is 0 Å². The van der Waals surface area contributed by atoms with Crippen molar-refractivity contribution in [2.24, 2.45) is 5.92 Å². The van der Waals surface area contributed by atoms with Gasteiger partial charge in [-0.25, -0.2) is 0 Å². The second-order valence-corrected chi connectivity index (χ2v) is 4.13. The van der Waals surface area contributed by atoms with Crippen molar-refractivity contribution in [3.05, 3.63) is 23.8 Å². The fourth-order valence-electron chi connectivity index (χ4n) is 1.90. The van der Waals surface area contributed by atoms with E-state index in [1.165, 1.54) is 21.3 Å². The SMILES string of the molecule is CCC(C(=O)OC)C(O)c1cc(OC)cc(OC)c1. The average molecular weight is 268 g/mol. The van der Waals surface area contributed by atoms with Crippen LogP contribution in [0, 0.1) is 5.92 Å². The lowest BCUT2D eigenvalue weighted by Gasteiger charge is -2.20. The second kappa shape index (κ2) is 6.99. The number of hydrogen-bond donors (Lipinski definition) is 1. The molecule has 1 aromatic carbocycles. The zero-order valence-electron chi connectivity index (χ0n) is 11.7. The number of carbonyl (C=O) groups is 1. The Morgan fingerprint density at radius 1 is 1.16 bits per heavy atom. The van der Waals surface area contributed by atoms with Gasteiger partial charge in [0.15, 0.2) is 0 Å². The smallest absolute Gasteiger partial charge is 0.311 e. The Bertz CT molecular complexity index is 408. The van der Waals surface area contributed by atoms with Crippen molar-refractivity contribution in [3.63, 3.8) is 0 Å². The first-order chi connectivity index (χ1) is 9.07. The molecular weight excluding hydrogens is 248 g/mol. The van der Waals surface area contributed by atoms with Crippen molar-refractivity contribution in [1.29, 1.82) is 0 Å². The molecular formula is C14H20O5. The number of methoxy groups -OCH3 is 3. The van der Waals surface area contributed by atoms with Gasteiger partial charge in [0.1, 0.15) is 11.5 Å². The molecule has 2 atom stereocenters. The number of aliphatic hydroxyl groups excluding tert-OH is 1. The highest BCUT2D eigenvalue weighted by Gasteiger charge is 2.28. The Balaban J connectivity index is 3.09. The zero-order valence-corrected chi connectivity index (χ0v) is 11.7. The lowest BCUT2D eigenvalue weighted by Crippen LogP contribution is -2.23. The predicted octanol–water partition coefficient (Wildman–Crippen LogP) is 1.94. The molecule has 0 aliphatic rings. The molecule has 2 unspecified atom stereocenters. The van der Waals surface area contributed by atoms with Gasteiger partial charge >= 0.3 is 5.97 Å². The van der Waals surface area contributed by atoms with Crippen molar-refractivity contribution in [2.75, 3.05) is 21.3 Å². The fourth-order valence-corrected chi connectivity index (χ4v) is 1.90. The molecule has 0 saturated carbocycles. The molecule has 0 bridgehead atoms. The van der Waals surface area contributed by atoms with Crippen LogP contribution < -0.4 is 9.47 Å². The maximum absolute atomic E-state index is 11.6. The first-order valence-electron chi connectivity index (χ1n) is 6.06. The molecule has 106 valence electrons. The number of benzene rings is 1. The molecule has 1 rings (SSSR count). The van der Waals surface area contributed by atoms with Gasteiger partial charge in [0.05, 0.1) is 33.4 Å². The third-order valence-corrected chi connectivity index (χ3v) is 3.04. The van der Waals surface area contributed by atoms with E-state index >= 15 is 0 Å². The van der Waals surface area contributed by atoms with Gasteiger partial charge in [-0.3, -0.25) is 4.79 Å². The van der Waals surface area contributed by atoms with Crippen LogP contribution in [0.25, 0.3) is 0 Å². The molecule has 0 spiro atoms. The number of hydrogen-bond acceptors (Lipinski definition) is 5. The van der Waals surface area contributed by atoms with Gasteiger partial charge in [-0.1, -0.05) is 6.92 Å². The number of rotatable bonds is 6. The third kappa shape index (κ3) is 3.61. The van der Waals surface area contributed by atoms with E-state index < -0.39 is 18.0 Å². The van der Waals surface area contributed by atoms with Crippen LogP contribution >= 0.6 is 0 Å². The van der Waals surface area contributed by atoms with Gasteiger partial charge in [0.2, 0.25) is 0 Å². The molecule has 19 heavy (non-hydrogen) atoms. The lowest BCUT2D eigenvalue weighted by molar-refractivity contribution is -0.149. The van der Waals surface area contributed by atoms with Crippen molar-refractivity contribution in [2.45, 2.75) is 19.4 Å². The third-order valence-electron chi connectivity index (χ3n) is 3.04. The van der Waals surface area contributed by atoms with Crippen molar-refractivity contribution in [3.8, 4) is 11.5 Å². The van der Waals surface area contributed by atoms with Crippen LogP contribution in [0.4, 0.5) is 0 Å². The minimum Gasteiger partial charge on any atom is -0.497 e. The summed E-state index contributed by atoms with van der Waals surface area (Å²) in [4.78, 5) is 11.6. The molecule has 0 aliphatic carbocycles. The van der Waals surface area contributed by atoms with E-state index in [4.69, 9.17) is 14.2 Å². The molecule has 0 saturated heterocycles.